The third-order valence-electron chi connectivity index (χ3n) is 3.52. The maximum Gasteiger partial charge on any atom is 0.133 e. The molecule has 3 heteroatoms. The quantitative estimate of drug-likeness (QED) is 0.866. The van der Waals surface area contributed by atoms with Crippen molar-refractivity contribution in [3.05, 3.63) is 59.0 Å². The monoisotopic (exact) mass is 259 g/mol. The zero-order valence-electron chi connectivity index (χ0n) is 11.7. The first-order valence-electron chi connectivity index (χ1n) is 6.60. The van der Waals surface area contributed by atoms with Crippen LogP contribution >= 0.6 is 0 Å². The highest BCUT2D eigenvalue weighted by Gasteiger charge is 2.12. The third kappa shape index (κ3) is 3.46. The van der Waals surface area contributed by atoms with E-state index < -0.39 is 6.10 Å². The van der Waals surface area contributed by atoms with Gasteiger partial charge in [0.25, 0.3) is 0 Å². The maximum absolute atomic E-state index is 9.95. The fourth-order valence-corrected chi connectivity index (χ4v) is 2.02. The molecule has 2 N–H and O–H groups in total. The van der Waals surface area contributed by atoms with E-state index in [1.165, 1.54) is 16.7 Å². The Morgan fingerprint density at radius 3 is 2.63 bits per heavy atom. The van der Waals surface area contributed by atoms with Crippen molar-refractivity contribution in [3.63, 3.8) is 0 Å². The molecule has 19 heavy (non-hydrogen) atoms. The van der Waals surface area contributed by atoms with Crippen LogP contribution < -0.4 is 5.32 Å². The van der Waals surface area contributed by atoms with Gasteiger partial charge in [-0.1, -0.05) is 18.2 Å². The molecule has 1 heterocycles. The summed E-state index contributed by atoms with van der Waals surface area (Å²) >= 11 is 0. The van der Waals surface area contributed by atoms with E-state index in [4.69, 9.17) is 4.42 Å². The van der Waals surface area contributed by atoms with Gasteiger partial charge in [0.2, 0.25) is 0 Å². The zero-order chi connectivity index (χ0) is 13.8. The van der Waals surface area contributed by atoms with E-state index in [-0.39, 0.29) is 6.04 Å². The topological polar surface area (TPSA) is 45.4 Å². The molecule has 2 rings (SSSR count). The first kappa shape index (κ1) is 13.8. The van der Waals surface area contributed by atoms with Crippen molar-refractivity contribution in [1.29, 1.82) is 0 Å². The lowest BCUT2D eigenvalue weighted by Gasteiger charge is -2.17. The predicted octanol–water partition coefficient (Wildman–Crippen LogP) is 3.28. The van der Waals surface area contributed by atoms with E-state index in [1.807, 2.05) is 0 Å². The molecule has 102 valence electrons. The normalized spacial score (nSPS) is 14.3. The number of aliphatic hydroxyl groups is 1. The molecule has 0 radical (unpaired) electrons. The second kappa shape index (κ2) is 6.04. The van der Waals surface area contributed by atoms with E-state index in [9.17, 15) is 5.11 Å². The standard InChI is InChI=1S/C16H21NO2/c1-11-6-7-14(9-12(11)2)13(3)17-10-15(18)16-5-4-8-19-16/h4-9,13,15,17-18H,10H2,1-3H3/t13-,15-/m1/s1. The minimum atomic E-state index is -0.607. The number of hydrogen-bond donors (Lipinski definition) is 2. The molecule has 0 bridgehead atoms. The van der Waals surface area contributed by atoms with Crippen LogP contribution in [0, 0.1) is 13.8 Å². The van der Waals surface area contributed by atoms with E-state index in [0.29, 0.717) is 12.3 Å². The fourth-order valence-electron chi connectivity index (χ4n) is 2.02. The van der Waals surface area contributed by atoms with Crippen molar-refractivity contribution in [2.45, 2.75) is 32.9 Å². The summed E-state index contributed by atoms with van der Waals surface area (Å²) in [7, 11) is 0. The molecule has 0 fully saturated rings. The minimum absolute atomic E-state index is 0.198. The van der Waals surface area contributed by atoms with Crippen LogP contribution in [0.4, 0.5) is 0 Å². The first-order valence-corrected chi connectivity index (χ1v) is 6.60. The van der Waals surface area contributed by atoms with Crippen LogP contribution in [0.15, 0.2) is 41.0 Å². The van der Waals surface area contributed by atoms with Crippen LogP contribution in [0.25, 0.3) is 0 Å². The lowest BCUT2D eigenvalue weighted by Crippen LogP contribution is -2.24. The van der Waals surface area contributed by atoms with Crippen molar-refractivity contribution in [1.82, 2.24) is 5.32 Å². The van der Waals surface area contributed by atoms with Crippen molar-refractivity contribution in [2.75, 3.05) is 6.54 Å². The molecular weight excluding hydrogens is 238 g/mol. The largest absolute Gasteiger partial charge is 0.467 e. The van der Waals surface area contributed by atoms with Gasteiger partial charge in [0, 0.05) is 12.6 Å². The van der Waals surface area contributed by atoms with Crippen LogP contribution in [0.2, 0.25) is 0 Å². The van der Waals surface area contributed by atoms with E-state index in [1.54, 1.807) is 18.4 Å². The molecule has 0 unspecified atom stereocenters. The summed E-state index contributed by atoms with van der Waals surface area (Å²) in [4.78, 5) is 0. The lowest BCUT2D eigenvalue weighted by atomic mass is 10.0. The molecule has 2 aromatic rings. The van der Waals surface area contributed by atoms with Gasteiger partial charge in [-0.25, -0.2) is 0 Å². The van der Waals surface area contributed by atoms with Gasteiger partial charge in [0.15, 0.2) is 0 Å². The Labute approximate surface area is 114 Å². The number of rotatable bonds is 5. The van der Waals surface area contributed by atoms with Crippen molar-refractivity contribution < 1.29 is 9.52 Å². The SMILES string of the molecule is Cc1ccc([C@@H](C)NC[C@@H](O)c2ccco2)cc1C. The molecule has 1 aromatic carbocycles. The van der Waals surface area contributed by atoms with E-state index >= 15 is 0 Å². The molecule has 0 aliphatic carbocycles. The minimum Gasteiger partial charge on any atom is -0.467 e. The first-order chi connectivity index (χ1) is 9.08. The summed E-state index contributed by atoms with van der Waals surface area (Å²) < 4.78 is 5.18. The smallest absolute Gasteiger partial charge is 0.133 e. The molecule has 3 nitrogen and oxygen atoms in total. The van der Waals surface area contributed by atoms with E-state index in [0.717, 1.165) is 0 Å². The number of hydrogen-bond acceptors (Lipinski definition) is 3. The van der Waals surface area contributed by atoms with Crippen LogP contribution in [0.5, 0.6) is 0 Å². The highest BCUT2D eigenvalue weighted by molar-refractivity contribution is 5.31. The lowest BCUT2D eigenvalue weighted by molar-refractivity contribution is 0.144. The molecule has 0 spiro atoms. The van der Waals surface area contributed by atoms with Gasteiger partial charge in [0.05, 0.1) is 6.26 Å². The number of nitrogens with one attached hydrogen (secondary N) is 1. The number of benzene rings is 1. The molecular formula is C16H21NO2. The molecule has 0 aliphatic heterocycles. The van der Waals surface area contributed by atoms with Gasteiger partial charge in [-0.05, 0) is 49.6 Å². The highest BCUT2D eigenvalue weighted by Crippen LogP contribution is 2.18. The molecule has 0 aliphatic rings. The van der Waals surface area contributed by atoms with Crippen LogP contribution in [0.3, 0.4) is 0 Å². The van der Waals surface area contributed by atoms with Gasteiger partial charge >= 0.3 is 0 Å². The molecule has 2 atom stereocenters. The average molecular weight is 259 g/mol. The number of furan rings is 1. The second-order valence-electron chi connectivity index (χ2n) is 5.00. The number of aryl methyl sites for hydroxylation is 2. The second-order valence-corrected chi connectivity index (χ2v) is 5.00. The Balaban J connectivity index is 1.93. The highest BCUT2D eigenvalue weighted by atomic mass is 16.4. The van der Waals surface area contributed by atoms with Crippen molar-refractivity contribution in [3.8, 4) is 0 Å². The molecule has 0 saturated heterocycles. The average Bonchev–Trinajstić information content (AvgIpc) is 2.92. The summed E-state index contributed by atoms with van der Waals surface area (Å²) in [6.07, 6.45) is 0.967. The van der Waals surface area contributed by atoms with Crippen LogP contribution in [0.1, 0.15) is 41.5 Å². The van der Waals surface area contributed by atoms with E-state index in [2.05, 4.69) is 44.3 Å². The fraction of sp³-hybridized carbons (Fsp3) is 0.375. The molecule has 1 aromatic heterocycles. The molecule has 0 saturated carbocycles. The Kier molecular flexibility index (Phi) is 4.40. The van der Waals surface area contributed by atoms with Gasteiger partial charge in [-0.2, -0.15) is 0 Å². The third-order valence-corrected chi connectivity index (χ3v) is 3.52. The zero-order valence-corrected chi connectivity index (χ0v) is 11.7. The van der Waals surface area contributed by atoms with Crippen LogP contribution in [-0.4, -0.2) is 11.7 Å². The van der Waals surface area contributed by atoms with Gasteiger partial charge in [-0.15, -0.1) is 0 Å². The number of aliphatic hydroxyl groups excluding tert-OH is 1. The van der Waals surface area contributed by atoms with Gasteiger partial charge < -0.3 is 14.8 Å². The Morgan fingerprint density at radius 1 is 1.21 bits per heavy atom. The predicted molar refractivity (Wildman–Crippen MR) is 76.0 cm³/mol. The summed E-state index contributed by atoms with van der Waals surface area (Å²) in [6, 6.07) is 10.2. The van der Waals surface area contributed by atoms with Crippen molar-refractivity contribution in [2.24, 2.45) is 0 Å². The van der Waals surface area contributed by atoms with Crippen LogP contribution in [-0.2, 0) is 0 Å². The summed E-state index contributed by atoms with van der Waals surface area (Å²) in [5, 5.41) is 13.3. The van der Waals surface area contributed by atoms with Gasteiger partial charge in [0.1, 0.15) is 11.9 Å². The van der Waals surface area contributed by atoms with Crippen molar-refractivity contribution >= 4 is 0 Å². The summed E-state index contributed by atoms with van der Waals surface area (Å²) in [6.45, 7) is 6.79. The summed E-state index contributed by atoms with van der Waals surface area (Å²) in [5.74, 6) is 0.597. The Bertz CT molecular complexity index is 520. The summed E-state index contributed by atoms with van der Waals surface area (Å²) in [5.41, 5.74) is 3.82. The molecule has 0 amide bonds. The Morgan fingerprint density at radius 2 is 2.00 bits per heavy atom. The van der Waals surface area contributed by atoms with Gasteiger partial charge in [-0.3, -0.25) is 0 Å². The Hall–Kier alpha value is -1.58. The maximum atomic E-state index is 9.95.